The second-order valence-corrected chi connectivity index (χ2v) is 7.14. The molecule has 0 bridgehead atoms. The fraction of sp³-hybridized carbons (Fsp3) is 0.800. The van der Waals surface area contributed by atoms with Gasteiger partial charge in [0.15, 0.2) is 0 Å². The van der Waals surface area contributed by atoms with Crippen LogP contribution < -0.4 is 5.73 Å². The molecule has 0 aliphatic heterocycles. The smallest absolute Gasteiger partial charge is 0.0897 e. The van der Waals surface area contributed by atoms with Crippen molar-refractivity contribution in [1.82, 2.24) is 9.88 Å². The van der Waals surface area contributed by atoms with Gasteiger partial charge in [-0.15, -0.1) is 11.3 Å². The first-order chi connectivity index (χ1) is 9.04. The van der Waals surface area contributed by atoms with Gasteiger partial charge in [-0.1, -0.05) is 25.7 Å². The zero-order valence-electron chi connectivity index (χ0n) is 12.5. The summed E-state index contributed by atoms with van der Waals surface area (Å²) in [4.78, 5) is 6.96. The number of likely N-dealkylation sites (N-methyl/N-ethyl adjacent to an activating group) is 1. The fourth-order valence-electron chi connectivity index (χ4n) is 3.41. The highest BCUT2D eigenvalue weighted by atomic mass is 32.1. The molecule has 4 heteroatoms. The summed E-state index contributed by atoms with van der Waals surface area (Å²) in [6.45, 7) is 2.06. The van der Waals surface area contributed by atoms with Gasteiger partial charge in [-0.2, -0.15) is 0 Å². The van der Waals surface area contributed by atoms with Gasteiger partial charge < -0.3 is 10.6 Å². The van der Waals surface area contributed by atoms with Crippen molar-refractivity contribution in [2.75, 3.05) is 14.1 Å². The van der Waals surface area contributed by atoms with Gasteiger partial charge in [-0.3, -0.25) is 0 Å². The predicted octanol–water partition coefficient (Wildman–Crippen LogP) is 2.98. The van der Waals surface area contributed by atoms with Gasteiger partial charge in [0, 0.05) is 23.4 Å². The summed E-state index contributed by atoms with van der Waals surface area (Å²) in [5, 5.41) is 3.30. The Hall–Kier alpha value is -0.450. The van der Waals surface area contributed by atoms with Crippen molar-refractivity contribution in [3.8, 4) is 0 Å². The van der Waals surface area contributed by atoms with E-state index in [0.717, 1.165) is 11.4 Å². The minimum absolute atomic E-state index is 0.161. The Labute approximate surface area is 121 Å². The Bertz CT molecular complexity index is 392. The maximum Gasteiger partial charge on any atom is 0.0897 e. The minimum Gasteiger partial charge on any atom is -0.326 e. The molecule has 19 heavy (non-hydrogen) atoms. The molecule has 2 N–H and O–H groups in total. The number of thiazole rings is 1. The number of aromatic nitrogens is 1. The summed E-state index contributed by atoms with van der Waals surface area (Å²) in [5.41, 5.74) is 7.95. The molecule has 1 atom stereocenters. The Kier molecular flexibility index (Phi) is 4.98. The molecule has 1 aromatic rings. The van der Waals surface area contributed by atoms with E-state index in [4.69, 9.17) is 5.73 Å². The lowest BCUT2D eigenvalue weighted by atomic mass is 9.80. The number of aryl methyl sites for hydroxylation is 1. The first-order valence-corrected chi connectivity index (χ1v) is 8.26. The average molecular weight is 281 g/mol. The average Bonchev–Trinajstić information content (AvgIpc) is 2.65. The highest BCUT2D eigenvalue weighted by Crippen LogP contribution is 2.34. The monoisotopic (exact) mass is 281 g/mol. The second kappa shape index (κ2) is 6.33. The third-order valence-electron chi connectivity index (χ3n) is 4.65. The molecule has 1 aromatic heterocycles. The van der Waals surface area contributed by atoms with Crippen LogP contribution in [0.4, 0.5) is 0 Å². The highest BCUT2D eigenvalue weighted by molar-refractivity contribution is 7.09. The predicted molar refractivity (Wildman–Crippen MR) is 82.7 cm³/mol. The topological polar surface area (TPSA) is 42.1 Å². The lowest BCUT2D eigenvalue weighted by Crippen LogP contribution is -2.58. The van der Waals surface area contributed by atoms with Crippen LogP contribution in [0.25, 0.3) is 0 Å². The molecule has 1 fully saturated rings. The molecular weight excluding hydrogens is 254 g/mol. The molecule has 0 aromatic carbocycles. The number of hydrogen-bond acceptors (Lipinski definition) is 4. The van der Waals surface area contributed by atoms with Crippen LogP contribution in [0, 0.1) is 6.92 Å². The molecule has 0 amide bonds. The van der Waals surface area contributed by atoms with Crippen molar-refractivity contribution in [2.45, 2.75) is 63.5 Å². The van der Waals surface area contributed by atoms with Crippen molar-refractivity contribution < 1.29 is 0 Å². The molecule has 1 heterocycles. The maximum atomic E-state index is 6.62. The van der Waals surface area contributed by atoms with Crippen molar-refractivity contribution in [1.29, 1.82) is 0 Å². The summed E-state index contributed by atoms with van der Waals surface area (Å²) < 4.78 is 0. The summed E-state index contributed by atoms with van der Waals surface area (Å²) in [6, 6.07) is 0.182. The van der Waals surface area contributed by atoms with E-state index in [2.05, 4.69) is 36.3 Å². The van der Waals surface area contributed by atoms with Gasteiger partial charge in [0.1, 0.15) is 0 Å². The van der Waals surface area contributed by atoms with E-state index < -0.39 is 0 Å². The zero-order valence-corrected chi connectivity index (χ0v) is 13.3. The van der Waals surface area contributed by atoms with E-state index in [1.54, 1.807) is 11.3 Å². The van der Waals surface area contributed by atoms with Gasteiger partial charge in [-0.05, 0) is 33.9 Å². The molecule has 3 nitrogen and oxygen atoms in total. The summed E-state index contributed by atoms with van der Waals surface area (Å²) in [7, 11) is 4.38. The van der Waals surface area contributed by atoms with Crippen LogP contribution in [0.15, 0.2) is 5.38 Å². The van der Waals surface area contributed by atoms with E-state index in [9.17, 15) is 0 Å². The first kappa shape index (κ1) is 14.9. The first-order valence-electron chi connectivity index (χ1n) is 7.38. The van der Waals surface area contributed by atoms with Crippen molar-refractivity contribution >= 4 is 11.3 Å². The molecule has 1 saturated carbocycles. The number of rotatable bonds is 4. The number of nitrogens with zero attached hydrogens (tertiary/aromatic N) is 2. The number of hydrogen-bond donors (Lipinski definition) is 1. The van der Waals surface area contributed by atoms with Crippen LogP contribution in [0.1, 0.15) is 49.2 Å². The van der Waals surface area contributed by atoms with Gasteiger partial charge in [-0.25, -0.2) is 4.98 Å². The Morgan fingerprint density at radius 3 is 2.42 bits per heavy atom. The van der Waals surface area contributed by atoms with Gasteiger partial charge in [0.05, 0.1) is 10.7 Å². The van der Waals surface area contributed by atoms with E-state index in [1.165, 1.54) is 44.2 Å². The minimum atomic E-state index is 0.161. The van der Waals surface area contributed by atoms with Gasteiger partial charge in [0.25, 0.3) is 0 Å². The van der Waals surface area contributed by atoms with Crippen molar-refractivity contribution in [3.05, 3.63) is 16.1 Å². The van der Waals surface area contributed by atoms with Crippen LogP contribution in [0.3, 0.4) is 0 Å². The zero-order chi connectivity index (χ0) is 13.9. The lowest BCUT2D eigenvalue weighted by molar-refractivity contribution is 0.0965. The summed E-state index contributed by atoms with van der Waals surface area (Å²) in [5.74, 6) is 0. The molecule has 0 saturated heterocycles. The quantitative estimate of drug-likeness (QED) is 0.863. The van der Waals surface area contributed by atoms with Crippen LogP contribution in [-0.4, -0.2) is 35.6 Å². The summed E-state index contributed by atoms with van der Waals surface area (Å²) >= 11 is 1.72. The fourth-order valence-corrected chi connectivity index (χ4v) is 4.03. The Morgan fingerprint density at radius 1 is 1.32 bits per heavy atom. The number of nitrogens with two attached hydrogens (primary N) is 1. The van der Waals surface area contributed by atoms with Crippen molar-refractivity contribution in [2.24, 2.45) is 5.73 Å². The molecule has 0 radical (unpaired) electrons. The maximum absolute atomic E-state index is 6.62. The van der Waals surface area contributed by atoms with E-state index in [-0.39, 0.29) is 11.6 Å². The Balaban J connectivity index is 2.13. The van der Waals surface area contributed by atoms with E-state index in [1.807, 2.05) is 0 Å². The normalized spacial score (nSPS) is 21.3. The Morgan fingerprint density at radius 2 is 1.95 bits per heavy atom. The van der Waals surface area contributed by atoms with Gasteiger partial charge >= 0.3 is 0 Å². The van der Waals surface area contributed by atoms with Crippen LogP contribution >= 0.6 is 11.3 Å². The molecule has 1 unspecified atom stereocenters. The van der Waals surface area contributed by atoms with Crippen LogP contribution in [0.5, 0.6) is 0 Å². The van der Waals surface area contributed by atoms with Crippen molar-refractivity contribution in [3.63, 3.8) is 0 Å². The summed E-state index contributed by atoms with van der Waals surface area (Å²) in [6.07, 6.45) is 8.69. The highest BCUT2D eigenvalue weighted by Gasteiger charge is 2.39. The molecule has 108 valence electrons. The van der Waals surface area contributed by atoms with Gasteiger partial charge in [0.2, 0.25) is 0 Å². The molecule has 2 rings (SSSR count). The second-order valence-electron chi connectivity index (χ2n) is 6.08. The standard InChI is InChI=1S/C15H27N3S/c1-12-17-13(11-19-12)10-14(16)15(18(2)3)8-6-4-5-7-9-15/h11,14H,4-10,16H2,1-3H3. The molecule has 1 aliphatic rings. The molecule has 0 spiro atoms. The van der Waals surface area contributed by atoms with E-state index in [0.29, 0.717) is 0 Å². The molecule has 1 aliphatic carbocycles. The van der Waals surface area contributed by atoms with Crippen LogP contribution in [0.2, 0.25) is 0 Å². The lowest BCUT2D eigenvalue weighted by Gasteiger charge is -2.44. The largest absolute Gasteiger partial charge is 0.326 e. The molecular formula is C15H27N3S. The SMILES string of the molecule is Cc1nc(CC(N)C2(N(C)C)CCCCCC2)cs1. The van der Waals surface area contributed by atoms with E-state index >= 15 is 0 Å². The third kappa shape index (κ3) is 3.36. The van der Waals surface area contributed by atoms with Crippen LogP contribution in [-0.2, 0) is 6.42 Å². The third-order valence-corrected chi connectivity index (χ3v) is 5.47.